The largest absolute Gasteiger partial charge is 0.497 e. The summed E-state index contributed by atoms with van der Waals surface area (Å²) in [7, 11) is 1.58. The standard InChI is InChI=1S/C17H20N2O4S/c1-22-13-9-7-12(8-10-13)19-16(17(21)23-18-19)15(20)11-24-14-5-3-2-4-6-14/h7-10,14H,2-6,11H2,1H3/p+1. The molecule has 0 amide bonds. The fourth-order valence-electron chi connectivity index (χ4n) is 2.92. The molecule has 1 heterocycles. The maximum Gasteiger partial charge on any atom is 0.438 e. The molecule has 1 saturated carbocycles. The first-order chi connectivity index (χ1) is 11.7. The molecule has 0 bridgehead atoms. The lowest BCUT2D eigenvalue weighted by molar-refractivity contribution is -0.672. The van der Waals surface area contributed by atoms with E-state index in [4.69, 9.17) is 9.26 Å². The van der Waals surface area contributed by atoms with E-state index >= 15 is 0 Å². The van der Waals surface area contributed by atoms with Crippen LogP contribution in [0.3, 0.4) is 0 Å². The number of ether oxygens (including phenoxy) is 1. The first-order valence-corrected chi connectivity index (χ1v) is 9.16. The topological polar surface area (TPSA) is 76.2 Å². The van der Waals surface area contributed by atoms with Gasteiger partial charge in [0.25, 0.3) is 0 Å². The second-order valence-electron chi connectivity index (χ2n) is 5.86. The minimum Gasteiger partial charge on any atom is -0.497 e. The average Bonchev–Trinajstić information content (AvgIpc) is 3.02. The number of methoxy groups -OCH3 is 1. The van der Waals surface area contributed by atoms with Crippen LogP contribution in [-0.2, 0) is 0 Å². The lowest BCUT2D eigenvalue weighted by atomic mass is 10.0. The molecule has 0 spiro atoms. The fraction of sp³-hybridized carbons (Fsp3) is 0.471. The van der Waals surface area contributed by atoms with Gasteiger partial charge in [0.05, 0.1) is 12.9 Å². The molecule has 128 valence electrons. The van der Waals surface area contributed by atoms with Crippen LogP contribution in [-0.4, -0.2) is 29.2 Å². The summed E-state index contributed by atoms with van der Waals surface area (Å²) in [4.78, 5) is 24.5. The highest BCUT2D eigenvalue weighted by Crippen LogP contribution is 2.28. The van der Waals surface area contributed by atoms with E-state index in [1.165, 1.54) is 23.9 Å². The molecule has 1 aliphatic carbocycles. The minimum absolute atomic E-state index is 0.0310. The molecule has 0 saturated heterocycles. The van der Waals surface area contributed by atoms with Crippen molar-refractivity contribution in [1.29, 1.82) is 0 Å². The summed E-state index contributed by atoms with van der Waals surface area (Å²) in [5.41, 5.74) is 0.0382. The van der Waals surface area contributed by atoms with E-state index in [2.05, 4.69) is 5.27 Å². The predicted octanol–water partition coefficient (Wildman–Crippen LogP) is 2.50. The van der Waals surface area contributed by atoms with Gasteiger partial charge in [-0.15, -0.1) is 0 Å². The molecular formula is C17H21N2O4S+. The van der Waals surface area contributed by atoms with Crippen LogP contribution in [0.4, 0.5) is 0 Å². The monoisotopic (exact) mass is 349 g/mol. The summed E-state index contributed by atoms with van der Waals surface area (Å²) in [6.07, 6.45) is 6.04. The average molecular weight is 349 g/mol. The fourth-order valence-corrected chi connectivity index (χ4v) is 4.11. The van der Waals surface area contributed by atoms with Gasteiger partial charge in [0.15, 0.2) is 0 Å². The van der Waals surface area contributed by atoms with Gasteiger partial charge >= 0.3 is 11.3 Å². The zero-order valence-electron chi connectivity index (χ0n) is 13.6. The van der Waals surface area contributed by atoms with Gasteiger partial charge in [0.1, 0.15) is 5.75 Å². The number of nitrogens with zero attached hydrogens (tertiary/aromatic N) is 1. The quantitative estimate of drug-likeness (QED) is 0.640. The maximum absolute atomic E-state index is 12.5. The van der Waals surface area contributed by atoms with Gasteiger partial charge in [0, 0.05) is 17.4 Å². The number of rotatable bonds is 6. The molecule has 3 rings (SSSR count). The zero-order chi connectivity index (χ0) is 16.9. The van der Waals surface area contributed by atoms with Crippen molar-refractivity contribution in [3.8, 4) is 11.4 Å². The van der Waals surface area contributed by atoms with Crippen molar-refractivity contribution in [2.24, 2.45) is 0 Å². The lowest BCUT2D eigenvalue weighted by Crippen LogP contribution is -2.41. The summed E-state index contributed by atoms with van der Waals surface area (Å²) in [6.45, 7) is 0. The molecular weight excluding hydrogens is 328 g/mol. The molecule has 0 aliphatic heterocycles. The number of nitrogens with one attached hydrogen (secondary N) is 1. The number of H-pyrrole nitrogens is 1. The Morgan fingerprint density at radius 3 is 2.67 bits per heavy atom. The van der Waals surface area contributed by atoms with Crippen molar-refractivity contribution in [2.75, 3.05) is 12.9 Å². The van der Waals surface area contributed by atoms with E-state index in [1.807, 2.05) is 0 Å². The SMILES string of the molecule is COc1ccc(-[n+]2[nH]oc(=O)c2C(=O)CSC2CCCCC2)cc1. The lowest BCUT2D eigenvalue weighted by Gasteiger charge is -2.20. The van der Waals surface area contributed by atoms with Crippen LogP contribution in [0, 0.1) is 0 Å². The van der Waals surface area contributed by atoms with E-state index in [-0.39, 0.29) is 11.5 Å². The molecule has 1 aromatic heterocycles. The van der Waals surface area contributed by atoms with Gasteiger partial charge in [-0.05, 0) is 34.9 Å². The Morgan fingerprint density at radius 1 is 1.29 bits per heavy atom. The van der Waals surface area contributed by atoms with Crippen molar-refractivity contribution in [2.45, 2.75) is 37.4 Å². The van der Waals surface area contributed by atoms with E-state index in [0.29, 0.717) is 22.4 Å². The Kier molecular flexibility index (Phi) is 5.40. The van der Waals surface area contributed by atoms with Gasteiger partial charge in [-0.1, -0.05) is 19.3 Å². The summed E-state index contributed by atoms with van der Waals surface area (Å²) in [5.74, 6) is 0.783. The molecule has 1 aromatic carbocycles. The second-order valence-corrected chi connectivity index (χ2v) is 7.15. The molecule has 1 fully saturated rings. The zero-order valence-corrected chi connectivity index (χ0v) is 14.4. The molecule has 7 heteroatoms. The Hall–Kier alpha value is -2.02. The van der Waals surface area contributed by atoms with Crippen LogP contribution in [0.2, 0.25) is 0 Å². The van der Waals surface area contributed by atoms with Crippen LogP contribution in [0.5, 0.6) is 5.75 Å². The number of thioether (sulfide) groups is 1. The first kappa shape index (κ1) is 16.8. The third-order valence-corrected chi connectivity index (χ3v) is 5.62. The van der Waals surface area contributed by atoms with Crippen molar-refractivity contribution in [3.05, 3.63) is 40.4 Å². The third-order valence-electron chi connectivity index (χ3n) is 4.24. The number of aromatic amines is 1. The summed E-state index contributed by atoms with van der Waals surface area (Å²) in [6, 6.07) is 7.04. The smallest absolute Gasteiger partial charge is 0.438 e. The Bertz CT molecular complexity index is 745. The highest BCUT2D eigenvalue weighted by Gasteiger charge is 2.31. The van der Waals surface area contributed by atoms with Crippen molar-refractivity contribution in [1.82, 2.24) is 5.27 Å². The molecule has 24 heavy (non-hydrogen) atoms. The second kappa shape index (κ2) is 7.70. The van der Waals surface area contributed by atoms with Crippen LogP contribution in [0.25, 0.3) is 5.69 Å². The van der Waals surface area contributed by atoms with Crippen molar-refractivity contribution < 1.29 is 18.7 Å². The van der Waals surface area contributed by atoms with Crippen molar-refractivity contribution in [3.63, 3.8) is 0 Å². The molecule has 0 radical (unpaired) electrons. The number of benzene rings is 1. The number of ketones is 1. The van der Waals surface area contributed by atoms with Gasteiger partial charge in [-0.2, -0.15) is 11.8 Å². The number of carbonyl (C=O) groups is 1. The summed E-state index contributed by atoms with van der Waals surface area (Å²) >= 11 is 1.65. The normalized spacial score (nSPS) is 15.4. The van der Waals surface area contributed by atoms with E-state index in [9.17, 15) is 9.59 Å². The summed E-state index contributed by atoms with van der Waals surface area (Å²) in [5, 5.41) is 3.02. The van der Waals surface area contributed by atoms with Crippen LogP contribution in [0.1, 0.15) is 42.6 Å². The van der Waals surface area contributed by atoms with E-state index in [1.54, 1.807) is 43.1 Å². The molecule has 2 aromatic rings. The van der Waals surface area contributed by atoms with Crippen molar-refractivity contribution >= 4 is 17.5 Å². The van der Waals surface area contributed by atoms with E-state index in [0.717, 1.165) is 12.8 Å². The van der Waals surface area contributed by atoms with Gasteiger partial charge in [0.2, 0.25) is 11.5 Å². The van der Waals surface area contributed by atoms with E-state index < -0.39 is 5.63 Å². The Morgan fingerprint density at radius 2 is 2.00 bits per heavy atom. The molecule has 0 atom stereocenters. The van der Waals surface area contributed by atoms with Gasteiger partial charge in [-0.3, -0.25) is 9.32 Å². The Balaban J connectivity index is 1.75. The molecule has 6 nitrogen and oxygen atoms in total. The first-order valence-electron chi connectivity index (χ1n) is 8.12. The third kappa shape index (κ3) is 3.72. The molecule has 0 unspecified atom stereocenters. The Labute approximate surface area is 144 Å². The number of aromatic nitrogens is 2. The highest BCUT2D eigenvalue weighted by molar-refractivity contribution is 8.00. The van der Waals surface area contributed by atoms with Gasteiger partial charge in [-0.25, -0.2) is 4.79 Å². The number of hydrogen-bond acceptors (Lipinski definition) is 5. The molecule has 1 aliphatic rings. The van der Waals surface area contributed by atoms with Crippen LogP contribution >= 0.6 is 11.8 Å². The van der Waals surface area contributed by atoms with Crippen LogP contribution in [0.15, 0.2) is 33.6 Å². The van der Waals surface area contributed by atoms with Crippen LogP contribution < -0.4 is 15.0 Å². The number of hydrogen-bond donors (Lipinski definition) is 1. The minimum atomic E-state index is -0.639. The van der Waals surface area contributed by atoms with Gasteiger partial charge < -0.3 is 4.74 Å². The highest BCUT2D eigenvalue weighted by atomic mass is 32.2. The number of carbonyl (C=O) groups excluding carboxylic acids is 1. The summed E-state index contributed by atoms with van der Waals surface area (Å²) < 4.78 is 11.4. The number of Topliss-reactive ketones (excluding diaryl/α,β-unsaturated/α-hetero) is 1. The maximum atomic E-state index is 12.5. The molecule has 1 N–H and O–H groups in total. The predicted molar refractivity (Wildman–Crippen MR) is 91.1 cm³/mol.